The molecule has 6 nitrogen and oxygen atoms in total. The van der Waals surface area contributed by atoms with Gasteiger partial charge in [0, 0.05) is 19.2 Å². The van der Waals surface area contributed by atoms with Gasteiger partial charge in [0.05, 0.1) is 16.6 Å². The summed E-state index contributed by atoms with van der Waals surface area (Å²) in [4.78, 5) is 0.163. The highest BCUT2D eigenvalue weighted by Gasteiger charge is 2.37. The summed E-state index contributed by atoms with van der Waals surface area (Å²) >= 11 is 0. The first-order valence-corrected chi connectivity index (χ1v) is 8.89. The van der Waals surface area contributed by atoms with Gasteiger partial charge >= 0.3 is 0 Å². The van der Waals surface area contributed by atoms with Gasteiger partial charge in [-0.3, -0.25) is 0 Å². The van der Waals surface area contributed by atoms with Gasteiger partial charge < -0.3 is 14.8 Å². The van der Waals surface area contributed by atoms with Crippen molar-refractivity contribution in [3.63, 3.8) is 0 Å². The predicted molar refractivity (Wildman–Crippen MR) is 85.1 cm³/mol. The molecule has 0 spiro atoms. The molecule has 1 N–H and O–H groups in total. The van der Waals surface area contributed by atoms with Crippen molar-refractivity contribution in [1.29, 1.82) is 0 Å². The lowest BCUT2D eigenvalue weighted by atomic mass is 10.1. The van der Waals surface area contributed by atoms with Crippen LogP contribution in [0.15, 0.2) is 47.4 Å². The molecule has 24 heavy (non-hydrogen) atoms. The highest BCUT2D eigenvalue weighted by atomic mass is 32.2. The van der Waals surface area contributed by atoms with E-state index in [0.717, 1.165) is 0 Å². The third-order valence-electron chi connectivity index (χ3n) is 4.06. The third-order valence-corrected chi connectivity index (χ3v) is 5.89. The second kappa shape index (κ2) is 5.64. The molecule has 2 heterocycles. The van der Waals surface area contributed by atoms with E-state index in [0.29, 0.717) is 17.2 Å². The van der Waals surface area contributed by atoms with Gasteiger partial charge in [-0.25, -0.2) is 12.8 Å². The first-order valence-electron chi connectivity index (χ1n) is 7.45. The largest absolute Gasteiger partial charge is 0.454 e. The Morgan fingerprint density at radius 2 is 1.83 bits per heavy atom. The standard InChI is InChI=1S/C16H15FN2O4S/c17-13-3-1-2-4-14(13)18-11-8-19(9-11)24(20,21)12-5-6-15-16(7-12)23-10-22-15/h1-7,11,18H,8-10H2. The molecule has 0 atom stereocenters. The molecule has 2 aromatic carbocycles. The number of sulfonamides is 1. The Hall–Kier alpha value is -2.32. The highest BCUT2D eigenvalue weighted by molar-refractivity contribution is 7.89. The van der Waals surface area contributed by atoms with Crippen molar-refractivity contribution in [2.24, 2.45) is 0 Å². The van der Waals surface area contributed by atoms with E-state index >= 15 is 0 Å². The molecule has 2 aliphatic rings. The molecule has 0 aliphatic carbocycles. The normalized spacial score (nSPS) is 17.5. The SMILES string of the molecule is O=S(=O)(c1ccc2c(c1)OCO2)N1CC(Nc2ccccc2F)C1. The maximum Gasteiger partial charge on any atom is 0.243 e. The zero-order valence-electron chi connectivity index (χ0n) is 12.6. The summed E-state index contributed by atoms with van der Waals surface area (Å²) in [6.45, 7) is 0.660. The molecule has 1 saturated heterocycles. The Balaban J connectivity index is 1.45. The van der Waals surface area contributed by atoms with Crippen molar-refractivity contribution >= 4 is 15.7 Å². The molecule has 0 bridgehead atoms. The zero-order valence-corrected chi connectivity index (χ0v) is 13.4. The monoisotopic (exact) mass is 350 g/mol. The molecule has 4 rings (SSSR count). The van der Waals surface area contributed by atoms with Gasteiger partial charge in [0.2, 0.25) is 16.8 Å². The van der Waals surface area contributed by atoms with Crippen LogP contribution < -0.4 is 14.8 Å². The summed E-state index contributed by atoms with van der Waals surface area (Å²) in [5, 5.41) is 3.02. The number of anilines is 1. The predicted octanol–water partition coefficient (Wildman–Crippen LogP) is 2.04. The number of nitrogens with zero attached hydrogens (tertiary/aromatic N) is 1. The van der Waals surface area contributed by atoms with Gasteiger partial charge in [0.15, 0.2) is 11.5 Å². The number of hydrogen-bond donors (Lipinski definition) is 1. The number of benzene rings is 2. The molecule has 126 valence electrons. The molecule has 0 amide bonds. The molecule has 8 heteroatoms. The fourth-order valence-electron chi connectivity index (χ4n) is 2.71. The van der Waals surface area contributed by atoms with Crippen LogP contribution in [0.25, 0.3) is 0 Å². The minimum Gasteiger partial charge on any atom is -0.454 e. The number of nitrogens with one attached hydrogen (secondary N) is 1. The van der Waals surface area contributed by atoms with Crippen LogP contribution in [0.3, 0.4) is 0 Å². The van der Waals surface area contributed by atoms with Crippen molar-refractivity contribution in [2.45, 2.75) is 10.9 Å². The number of para-hydroxylation sites is 1. The van der Waals surface area contributed by atoms with E-state index in [1.54, 1.807) is 24.3 Å². The number of hydrogen-bond acceptors (Lipinski definition) is 5. The number of rotatable bonds is 4. The van der Waals surface area contributed by atoms with E-state index in [-0.39, 0.29) is 36.6 Å². The average molecular weight is 350 g/mol. The van der Waals surface area contributed by atoms with Crippen LogP contribution >= 0.6 is 0 Å². The summed E-state index contributed by atoms with van der Waals surface area (Å²) in [7, 11) is -3.60. The Labute approximate surface area is 138 Å². The van der Waals surface area contributed by atoms with Gasteiger partial charge in [-0.1, -0.05) is 12.1 Å². The molecule has 0 aromatic heterocycles. The average Bonchev–Trinajstić information content (AvgIpc) is 2.99. The topological polar surface area (TPSA) is 67.9 Å². The first-order chi connectivity index (χ1) is 11.5. The number of ether oxygens (including phenoxy) is 2. The van der Waals surface area contributed by atoms with Gasteiger partial charge in [0.25, 0.3) is 0 Å². The van der Waals surface area contributed by atoms with Crippen LogP contribution in [-0.4, -0.2) is 38.6 Å². The maximum absolute atomic E-state index is 13.6. The van der Waals surface area contributed by atoms with E-state index in [9.17, 15) is 12.8 Å². The summed E-state index contributed by atoms with van der Waals surface area (Å²) in [5.74, 6) is 0.615. The third kappa shape index (κ3) is 2.57. The van der Waals surface area contributed by atoms with Crippen LogP contribution in [-0.2, 0) is 10.0 Å². The summed E-state index contributed by atoms with van der Waals surface area (Å²) in [5.41, 5.74) is 0.377. The van der Waals surface area contributed by atoms with Gasteiger partial charge in [-0.05, 0) is 24.3 Å². The fraction of sp³-hybridized carbons (Fsp3) is 0.250. The van der Waals surface area contributed by atoms with Crippen molar-refractivity contribution in [2.75, 3.05) is 25.2 Å². The molecule has 0 saturated carbocycles. The Kier molecular flexibility index (Phi) is 3.58. The Morgan fingerprint density at radius 1 is 1.08 bits per heavy atom. The lowest BCUT2D eigenvalue weighted by Crippen LogP contribution is -2.56. The van der Waals surface area contributed by atoms with Gasteiger partial charge in [-0.15, -0.1) is 0 Å². The van der Waals surface area contributed by atoms with E-state index in [2.05, 4.69) is 5.32 Å². The lowest BCUT2D eigenvalue weighted by Gasteiger charge is -2.38. The molecule has 2 aliphatic heterocycles. The smallest absolute Gasteiger partial charge is 0.243 e. The van der Waals surface area contributed by atoms with Crippen LogP contribution in [0.5, 0.6) is 11.5 Å². The van der Waals surface area contributed by atoms with E-state index in [1.807, 2.05) is 0 Å². The van der Waals surface area contributed by atoms with Crippen LogP contribution in [0.4, 0.5) is 10.1 Å². The summed E-state index contributed by atoms with van der Waals surface area (Å²) in [6.07, 6.45) is 0. The molecule has 0 unspecified atom stereocenters. The van der Waals surface area contributed by atoms with Crippen molar-refractivity contribution < 1.29 is 22.3 Å². The fourth-order valence-corrected chi connectivity index (χ4v) is 4.26. The second-order valence-corrected chi connectivity index (χ2v) is 7.60. The number of fused-ring (bicyclic) bond motifs is 1. The molecular weight excluding hydrogens is 335 g/mol. The van der Waals surface area contributed by atoms with E-state index < -0.39 is 10.0 Å². The van der Waals surface area contributed by atoms with Crippen molar-refractivity contribution in [3.05, 3.63) is 48.3 Å². The lowest BCUT2D eigenvalue weighted by molar-refractivity contribution is 0.174. The maximum atomic E-state index is 13.6. The van der Waals surface area contributed by atoms with Crippen LogP contribution in [0.2, 0.25) is 0 Å². The quantitative estimate of drug-likeness (QED) is 0.914. The van der Waals surface area contributed by atoms with Crippen LogP contribution in [0.1, 0.15) is 0 Å². The van der Waals surface area contributed by atoms with E-state index in [4.69, 9.17) is 9.47 Å². The van der Waals surface area contributed by atoms with E-state index in [1.165, 1.54) is 22.5 Å². The second-order valence-electron chi connectivity index (χ2n) is 5.66. The summed E-state index contributed by atoms with van der Waals surface area (Å²) < 4.78 is 50.6. The summed E-state index contributed by atoms with van der Waals surface area (Å²) in [6, 6.07) is 10.8. The minimum atomic E-state index is -3.60. The molecule has 0 radical (unpaired) electrons. The Morgan fingerprint density at radius 3 is 2.62 bits per heavy atom. The molecule has 2 aromatic rings. The molecular formula is C16H15FN2O4S. The Bertz CT molecular complexity index is 881. The first kappa shape index (κ1) is 15.2. The molecule has 1 fully saturated rings. The number of halogens is 1. The zero-order chi connectivity index (χ0) is 16.7. The van der Waals surface area contributed by atoms with Crippen molar-refractivity contribution in [3.8, 4) is 11.5 Å². The highest BCUT2D eigenvalue weighted by Crippen LogP contribution is 2.35. The van der Waals surface area contributed by atoms with Gasteiger partial charge in [0.1, 0.15) is 5.82 Å². The van der Waals surface area contributed by atoms with Gasteiger partial charge in [-0.2, -0.15) is 4.31 Å². The van der Waals surface area contributed by atoms with Crippen LogP contribution in [0, 0.1) is 5.82 Å². The van der Waals surface area contributed by atoms with Crippen molar-refractivity contribution in [1.82, 2.24) is 4.31 Å². The minimum absolute atomic E-state index is 0.0944.